The fourth-order valence-corrected chi connectivity index (χ4v) is 6.25. The Morgan fingerprint density at radius 1 is 1.22 bits per heavy atom. The molecule has 2 aromatic rings. The summed E-state index contributed by atoms with van der Waals surface area (Å²) in [6.07, 6.45) is -1.02. The molecule has 1 heterocycles. The van der Waals surface area contributed by atoms with E-state index in [0.29, 0.717) is 17.1 Å². The number of aliphatic hydroxyl groups is 1. The lowest BCUT2D eigenvalue weighted by atomic mass is 9.45. The second kappa shape index (κ2) is 7.20. The van der Waals surface area contributed by atoms with Gasteiger partial charge in [0.2, 0.25) is 0 Å². The van der Waals surface area contributed by atoms with Gasteiger partial charge in [-0.05, 0) is 43.5 Å². The highest BCUT2D eigenvalue weighted by molar-refractivity contribution is 5.77. The summed E-state index contributed by atoms with van der Waals surface area (Å²) in [5, 5.41) is 24.8. The zero-order valence-electron chi connectivity index (χ0n) is 17.9. The van der Waals surface area contributed by atoms with Crippen molar-refractivity contribution in [1.29, 1.82) is 0 Å². The summed E-state index contributed by atoms with van der Waals surface area (Å²) in [5.41, 5.74) is -1.77. The molecule has 1 aliphatic heterocycles. The van der Waals surface area contributed by atoms with Gasteiger partial charge in [0.1, 0.15) is 17.4 Å². The van der Waals surface area contributed by atoms with E-state index < -0.39 is 41.0 Å². The molecule has 4 bridgehead atoms. The summed E-state index contributed by atoms with van der Waals surface area (Å²) in [6.45, 7) is 1.79. The molecule has 1 N–H and O–H groups in total. The maximum Gasteiger partial charge on any atom is 0.315 e. The van der Waals surface area contributed by atoms with Crippen molar-refractivity contribution in [2.24, 2.45) is 5.92 Å². The second-order valence-electron chi connectivity index (χ2n) is 8.84. The van der Waals surface area contributed by atoms with Gasteiger partial charge >= 0.3 is 5.97 Å². The van der Waals surface area contributed by atoms with E-state index in [-0.39, 0.29) is 24.4 Å². The minimum absolute atomic E-state index is 0.0703. The third-order valence-corrected chi connectivity index (χ3v) is 7.47. The topological polar surface area (TPSA) is 108 Å². The molecular formula is C24H25NO7. The smallest absolute Gasteiger partial charge is 0.315 e. The maximum absolute atomic E-state index is 13.0. The molecule has 8 heteroatoms. The molecule has 8 nitrogen and oxygen atoms in total. The Morgan fingerprint density at radius 3 is 2.59 bits per heavy atom. The molecule has 0 spiro atoms. The van der Waals surface area contributed by atoms with Gasteiger partial charge in [0.15, 0.2) is 6.10 Å². The van der Waals surface area contributed by atoms with E-state index in [1.165, 1.54) is 7.11 Å². The predicted octanol–water partition coefficient (Wildman–Crippen LogP) is 3.06. The van der Waals surface area contributed by atoms with Crippen LogP contribution >= 0.6 is 0 Å². The molecule has 0 radical (unpaired) electrons. The van der Waals surface area contributed by atoms with Crippen molar-refractivity contribution in [2.75, 3.05) is 13.7 Å². The van der Waals surface area contributed by atoms with E-state index >= 15 is 0 Å². The van der Waals surface area contributed by atoms with E-state index in [9.17, 15) is 20.0 Å². The molecule has 3 saturated carbocycles. The van der Waals surface area contributed by atoms with E-state index in [0.717, 1.165) is 5.56 Å². The van der Waals surface area contributed by atoms with Crippen molar-refractivity contribution in [1.82, 2.24) is 0 Å². The standard InChI is InChI=1S/C24H25NO7/c1-3-31-22(26)20-21-24(25(28)29)17(14-7-5-4-6-8-14)12-23(20,27)13-18(24)16-11-15(30-2)9-10-19(16)32-21/h4-11,17-18,20-21,27H,3,12-13H2,1-2H3/t17-,18-,20+,21-,23-,24+/m0/s1. The van der Waals surface area contributed by atoms with Crippen LogP contribution in [0.4, 0.5) is 0 Å². The highest BCUT2D eigenvalue weighted by Crippen LogP contribution is 2.67. The molecule has 6 rings (SSSR count). The largest absolute Gasteiger partial charge is 0.497 e. The van der Waals surface area contributed by atoms with Gasteiger partial charge < -0.3 is 19.3 Å². The van der Waals surface area contributed by atoms with Crippen molar-refractivity contribution in [2.45, 2.75) is 48.8 Å². The number of fused-ring (bicyclic) bond motifs is 2. The van der Waals surface area contributed by atoms with Crippen LogP contribution in [-0.2, 0) is 9.53 Å². The molecule has 3 aliphatic carbocycles. The Hall–Kier alpha value is -3.13. The monoisotopic (exact) mass is 439 g/mol. The van der Waals surface area contributed by atoms with Crippen molar-refractivity contribution in [3.63, 3.8) is 0 Å². The van der Waals surface area contributed by atoms with Gasteiger partial charge in [-0.25, -0.2) is 0 Å². The number of hydrogen-bond donors (Lipinski definition) is 1. The quantitative estimate of drug-likeness (QED) is 0.433. The van der Waals surface area contributed by atoms with Crippen LogP contribution in [0.3, 0.4) is 0 Å². The van der Waals surface area contributed by atoms with Gasteiger partial charge in [-0.3, -0.25) is 14.9 Å². The Morgan fingerprint density at radius 2 is 1.94 bits per heavy atom. The van der Waals surface area contributed by atoms with Crippen LogP contribution in [0.5, 0.6) is 11.5 Å². The lowest BCUT2D eigenvalue weighted by Crippen LogP contribution is -2.77. The fraction of sp³-hybridized carbons (Fsp3) is 0.458. The number of benzene rings is 2. The molecule has 0 aromatic heterocycles. The van der Waals surface area contributed by atoms with E-state index in [4.69, 9.17) is 14.2 Å². The zero-order chi connectivity index (χ0) is 22.7. The second-order valence-corrected chi connectivity index (χ2v) is 8.84. The molecule has 4 aliphatic rings. The number of nitro groups is 1. The van der Waals surface area contributed by atoms with Crippen LogP contribution in [0.15, 0.2) is 48.5 Å². The first kappa shape index (κ1) is 20.8. The molecule has 0 saturated heterocycles. The molecule has 3 fully saturated rings. The first-order valence-electron chi connectivity index (χ1n) is 10.8. The van der Waals surface area contributed by atoms with Gasteiger partial charge in [0.05, 0.1) is 31.2 Å². The number of esters is 1. The van der Waals surface area contributed by atoms with Crippen molar-refractivity contribution < 1.29 is 29.0 Å². The van der Waals surface area contributed by atoms with Crippen LogP contribution in [0, 0.1) is 16.0 Å². The normalized spacial score (nSPS) is 34.2. The molecule has 2 aromatic carbocycles. The van der Waals surface area contributed by atoms with Gasteiger partial charge in [-0.15, -0.1) is 0 Å². The lowest BCUT2D eigenvalue weighted by molar-refractivity contribution is -0.609. The third kappa shape index (κ3) is 2.62. The molecular weight excluding hydrogens is 414 g/mol. The summed E-state index contributed by atoms with van der Waals surface area (Å²) in [5.74, 6) is -2.08. The third-order valence-electron chi connectivity index (χ3n) is 7.47. The Bertz CT molecular complexity index is 1070. The number of methoxy groups -OCH3 is 1. The molecule has 32 heavy (non-hydrogen) atoms. The van der Waals surface area contributed by atoms with Gasteiger partial charge in [-0.1, -0.05) is 30.3 Å². The Labute approximate surface area is 185 Å². The highest BCUT2D eigenvalue weighted by atomic mass is 16.6. The van der Waals surface area contributed by atoms with Gasteiger partial charge in [-0.2, -0.15) is 0 Å². The zero-order valence-corrected chi connectivity index (χ0v) is 17.9. The summed E-state index contributed by atoms with van der Waals surface area (Å²) in [6, 6.07) is 14.3. The average molecular weight is 439 g/mol. The number of carbonyl (C=O) groups is 1. The van der Waals surface area contributed by atoms with E-state index in [1.54, 1.807) is 25.1 Å². The van der Waals surface area contributed by atoms with E-state index in [1.807, 2.05) is 30.3 Å². The highest BCUT2D eigenvalue weighted by Gasteiger charge is 2.80. The van der Waals surface area contributed by atoms with Crippen molar-refractivity contribution >= 4 is 5.97 Å². The minimum atomic E-state index is -1.64. The molecule has 0 unspecified atom stereocenters. The maximum atomic E-state index is 13.0. The summed E-state index contributed by atoms with van der Waals surface area (Å²) in [7, 11) is 1.53. The van der Waals surface area contributed by atoms with Crippen LogP contribution < -0.4 is 9.47 Å². The first-order valence-corrected chi connectivity index (χ1v) is 10.8. The predicted molar refractivity (Wildman–Crippen MR) is 113 cm³/mol. The lowest BCUT2D eigenvalue weighted by Gasteiger charge is -2.62. The van der Waals surface area contributed by atoms with Crippen molar-refractivity contribution in [3.8, 4) is 11.5 Å². The molecule has 6 atom stereocenters. The Kier molecular flexibility index (Phi) is 4.67. The molecule has 0 amide bonds. The SMILES string of the molecule is CCOC(=O)[C@H]1[C@@H]2Oc3ccc(OC)cc3[C@@H]3C[C@@]1(O)C[C@@H](c1ccccc1)[C@@]32[N+](=O)[O-]. The summed E-state index contributed by atoms with van der Waals surface area (Å²) >= 11 is 0. The van der Waals surface area contributed by atoms with E-state index in [2.05, 4.69) is 0 Å². The summed E-state index contributed by atoms with van der Waals surface area (Å²) in [4.78, 5) is 25.7. The van der Waals surface area contributed by atoms with Crippen LogP contribution in [0.1, 0.15) is 42.7 Å². The van der Waals surface area contributed by atoms with Gasteiger partial charge in [0, 0.05) is 10.5 Å². The fourth-order valence-electron chi connectivity index (χ4n) is 6.25. The molecule has 168 valence electrons. The summed E-state index contributed by atoms with van der Waals surface area (Å²) < 4.78 is 16.9. The number of nitrogens with zero attached hydrogens (tertiary/aromatic N) is 1. The Balaban J connectivity index is 1.77. The number of hydrogen-bond acceptors (Lipinski definition) is 7. The van der Waals surface area contributed by atoms with Crippen LogP contribution in [-0.4, -0.2) is 47.0 Å². The van der Waals surface area contributed by atoms with Crippen LogP contribution in [0.2, 0.25) is 0 Å². The number of ether oxygens (including phenoxy) is 3. The average Bonchev–Trinajstić information content (AvgIpc) is 2.78. The first-order chi connectivity index (χ1) is 15.4. The number of rotatable bonds is 5. The minimum Gasteiger partial charge on any atom is -0.497 e. The van der Waals surface area contributed by atoms with Gasteiger partial charge in [0.25, 0.3) is 5.54 Å². The number of carbonyl (C=O) groups excluding carboxylic acids is 1. The van der Waals surface area contributed by atoms with Crippen molar-refractivity contribution in [3.05, 3.63) is 69.8 Å². The van der Waals surface area contributed by atoms with Crippen LogP contribution in [0.25, 0.3) is 0 Å².